The second-order valence-electron chi connectivity index (χ2n) is 4.46. The zero-order chi connectivity index (χ0) is 13.0. The Morgan fingerprint density at radius 1 is 1.28 bits per heavy atom. The van der Waals surface area contributed by atoms with Gasteiger partial charge in [-0.2, -0.15) is 5.10 Å². The summed E-state index contributed by atoms with van der Waals surface area (Å²) >= 11 is 2.33. The van der Waals surface area contributed by atoms with Crippen molar-refractivity contribution in [2.45, 2.75) is 19.4 Å². The second kappa shape index (κ2) is 6.33. The minimum absolute atomic E-state index is 0.380. The predicted octanol–water partition coefficient (Wildman–Crippen LogP) is 2.92. The molecule has 2 rings (SSSR count). The van der Waals surface area contributed by atoms with Crippen molar-refractivity contribution < 1.29 is 0 Å². The van der Waals surface area contributed by atoms with E-state index in [-0.39, 0.29) is 0 Å². The lowest BCUT2D eigenvalue weighted by atomic mass is 10.1. The van der Waals surface area contributed by atoms with Gasteiger partial charge in [0.1, 0.15) is 0 Å². The molecule has 1 N–H and O–H groups in total. The van der Waals surface area contributed by atoms with E-state index in [4.69, 9.17) is 0 Å². The van der Waals surface area contributed by atoms with Crippen molar-refractivity contribution in [1.82, 2.24) is 15.1 Å². The Labute approximate surface area is 122 Å². The summed E-state index contributed by atoms with van der Waals surface area (Å²) in [6, 6.07) is 11.1. The highest BCUT2D eigenvalue weighted by atomic mass is 127. The van der Waals surface area contributed by atoms with Crippen LogP contribution in [-0.2, 0) is 13.5 Å². The molecule has 0 spiro atoms. The van der Waals surface area contributed by atoms with E-state index < -0.39 is 0 Å². The average molecular weight is 355 g/mol. The molecule has 0 fully saturated rings. The number of halogens is 1. The first kappa shape index (κ1) is 13.5. The molecule has 0 aliphatic heterocycles. The summed E-state index contributed by atoms with van der Waals surface area (Å²) in [5.74, 6) is 0. The van der Waals surface area contributed by atoms with E-state index >= 15 is 0 Å². The summed E-state index contributed by atoms with van der Waals surface area (Å²) in [5, 5.41) is 7.89. The standard InChI is InChI=1S/C14H18IN3/c1-11(12-3-5-13(15)6-4-12)16-9-7-14-8-10-18(2)17-14/h3-6,8,10-11,16H,7,9H2,1-2H3. The molecule has 0 aliphatic carbocycles. The Balaban J connectivity index is 1.81. The lowest BCUT2D eigenvalue weighted by molar-refractivity contribution is 0.571. The summed E-state index contributed by atoms with van der Waals surface area (Å²) in [7, 11) is 1.95. The van der Waals surface area contributed by atoms with E-state index in [1.54, 1.807) is 0 Å². The Kier molecular flexibility index (Phi) is 4.77. The number of nitrogens with one attached hydrogen (secondary N) is 1. The topological polar surface area (TPSA) is 29.9 Å². The molecule has 1 unspecified atom stereocenters. The number of nitrogens with zero attached hydrogens (tertiary/aromatic N) is 2. The Bertz CT molecular complexity index is 490. The van der Waals surface area contributed by atoms with Crippen molar-refractivity contribution in [1.29, 1.82) is 0 Å². The van der Waals surface area contributed by atoms with E-state index in [1.165, 1.54) is 9.13 Å². The molecule has 18 heavy (non-hydrogen) atoms. The van der Waals surface area contributed by atoms with Crippen molar-refractivity contribution >= 4 is 22.6 Å². The quantitative estimate of drug-likeness (QED) is 0.836. The van der Waals surface area contributed by atoms with Crippen molar-refractivity contribution in [2.75, 3.05) is 6.54 Å². The van der Waals surface area contributed by atoms with Gasteiger partial charge in [0.25, 0.3) is 0 Å². The molecule has 0 saturated carbocycles. The monoisotopic (exact) mass is 355 g/mol. The molecule has 4 heteroatoms. The fourth-order valence-corrected chi connectivity index (χ4v) is 2.24. The fraction of sp³-hybridized carbons (Fsp3) is 0.357. The van der Waals surface area contributed by atoms with E-state index in [0.29, 0.717) is 6.04 Å². The molecule has 2 aromatic rings. The van der Waals surface area contributed by atoms with Gasteiger partial charge in [-0.05, 0) is 53.3 Å². The number of hydrogen-bond acceptors (Lipinski definition) is 2. The molecule has 96 valence electrons. The highest BCUT2D eigenvalue weighted by Gasteiger charge is 2.04. The number of benzene rings is 1. The molecule has 0 bridgehead atoms. The molecule has 0 aliphatic rings. The first-order valence-electron chi connectivity index (χ1n) is 6.12. The molecular formula is C14H18IN3. The Morgan fingerprint density at radius 2 is 2.00 bits per heavy atom. The van der Waals surface area contributed by atoms with Gasteiger partial charge >= 0.3 is 0 Å². The summed E-state index contributed by atoms with van der Waals surface area (Å²) in [5.41, 5.74) is 2.47. The summed E-state index contributed by atoms with van der Waals surface area (Å²) < 4.78 is 3.12. The third-order valence-electron chi connectivity index (χ3n) is 2.97. The largest absolute Gasteiger partial charge is 0.310 e. The lowest BCUT2D eigenvalue weighted by Gasteiger charge is -2.13. The lowest BCUT2D eigenvalue weighted by Crippen LogP contribution is -2.21. The van der Waals surface area contributed by atoms with Crippen LogP contribution in [-0.4, -0.2) is 16.3 Å². The zero-order valence-corrected chi connectivity index (χ0v) is 12.9. The van der Waals surface area contributed by atoms with Gasteiger partial charge in [-0.15, -0.1) is 0 Å². The van der Waals surface area contributed by atoms with Crippen LogP contribution in [0, 0.1) is 3.57 Å². The molecule has 1 heterocycles. The van der Waals surface area contributed by atoms with Crippen LogP contribution in [0.5, 0.6) is 0 Å². The van der Waals surface area contributed by atoms with Crippen LogP contribution in [0.25, 0.3) is 0 Å². The number of aromatic nitrogens is 2. The minimum Gasteiger partial charge on any atom is -0.310 e. The molecule has 1 aromatic heterocycles. The van der Waals surface area contributed by atoms with Crippen molar-refractivity contribution in [3.8, 4) is 0 Å². The molecule has 1 aromatic carbocycles. The first-order chi connectivity index (χ1) is 8.65. The Hall–Kier alpha value is -0.880. The third-order valence-corrected chi connectivity index (χ3v) is 3.69. The van der Waals surface area contributed by atoms with Gasteiger partial charge < -0.3 is 5.32 Å². The van der Waals surface area contributed by atoms with Crippen molar-refractivity contribution in [2.24, 2.45) is 7.05 Å². The van der Waals surface area contributed by atoms with Gasteiger partial charge in [-0.25, -0.2) is 0 Å². The van der Waals surface area contributed by atoms with Crippen LogP contribution in [0.4, 0.5) is 0 Å². The molecular weight excluding hydrogens is 337 g/mol. The maximum absolute atomic E-state index is 4.37. The van der Waals surface area contributed by atoms with Crippen molar-refractivity contribution in [3.63, 3.8) is 0 Å². The maximum atomic E-state index is 4.37. The molecule has 3 nitrogen and oxygen atoms in total. The van der Waals surface area contributed by atoms with E-state index in [2.05, 4.69) is 70.3 Å². The van der Waals surface area contributed by atoms with Crippen LogP contribution >= 0.6 is 22.6 Å². The maximum Gasteiger partial charge on any atom is 0.0637 e. The fourth-order valence-electron chi connectivity index (χ4n) is 1.88. The highest BCUT2D eigenvalue weighted by molar-refractivity contribution is 14.1. The smallest absolute Gasteiger partial charge is 0.0637 e. The average Bonchev–Trinajstić information content (AvgIpc) is 2.76. The number of rotatable bonds is 5. The van der Waals surface area contributed by atoms with Gasteiger partial charge in [-0.1, -0.05) is 12.1 Å². The molecule has 0 radical (unpaired) electrons. The molecule has 1 atom stereocenters. The second-order valence-corrected chi connectivity index (χ2v) is 5.70. The van der Waals surface area contributed by atoms with Crippen LogP contribution in [0.3, 0.4) is 0 Å². The normalized spacial score (nSPS) is 12.6. The number of aryl methyl sites for hydroxylation is 1. The van der Waals surface area contributed by atoms with E-state index in [0.717, 1.165) is 18.7 Å². The summed E-state index contributed by atoms with van der Waals surface area (Å²) in [4.78, 5) is 0. The van der Waals surface area contributed by atoms with E-state index in [9.17, 15) is 0 Å². The molecule has 0 amide bonds. The highest BCUT2D eigenvalue weighted by Crippen LogP contribution is 2.14. The first-order valence-corrected chi connectivity index (χ1v) is 7.20. The van der Waals surface area contributed by atoms with Gasteiger partial charge in [0.2, 0.25) is 0 Å². The van der Waals surface area contributed by atoms with Gasteiger partial charge in [0.05, 0.1) is 5.69 Å². The van der Waals surface area contributed by atoms with E-state index in [1.807, 2.05) is 17.9 Å². The molecule has 0 saturated heterocycles. The van der Waals surface area contributed by atoms with Crippen LogP contribution in [0.2, 0.25) is 0 Å². The van der Waals surface area contributed by atoms with Crippen molar-refractivity contribution in [3.05, 3.63) is 51.4 Å². The van der Waals surface area contributed by atoms with Gasteiger partial charge in [-0.3, -0.25) is 4.68 Å². The van der Waals surface area contributed by atoms with Crippen LogP contribution < -0.4 is 5.32 Å². The summed E-state index contributed by atoms with van der Waals surface area (Å²) in [6.45, 7) is 3.14. The van der Waals surface area contributed by atoms with Crippen LogP contribution in [0.15, 0.2) is 36.5 Å². The number of hydrogen-bond donors (Lipinski definition) is 1. The van der Waals surface area contributed by atoms with Gasteiger partial charge in [0, 0.05) is 35.8 Å². The third kappa shape index (κ3) is 3.81. The van der Waals surface area contributed by atoms with Crippen LogP contribution in [0.1, 0.15) is 24.2 Å². The summed E-state index contributed by atoms with van der Waals surface area (Å²) in [6.07, 6.45) is 2.95. The zero-order valence-electron chi connectivity index (χ0n) is 10.7. The predicted molar refractivity (Wildman–Crippen MR) is 82.5 cm³/mol. The minimum atomic E-state index is 0.380. The Morgan fingerprint density at radius 3 is 2.61 bits per heavy atom. The van der Waals surface area contributed by atoms with Gasteiger partial charge in [0.15, 0.2) is 0 Å². The SMILES string of the molecule is CC(NCCc1ccn(C)n1)c1ccc(I)cc1.